The van der Waals surface area contributed by atoms with Gasteiger partial charge in [0, 0.05) is 12.1 Å². The van der Waals surface area contributed by atoms with E-state index >= 15 is 0 Å². The summed E-state index contributed by atoms with van der Waals surface area (Å²) in [5.74, 6) is -0.0964. The summed E-state index contributed by atoms with van der Waals surface area (Å²) in [6.07, 6.45) is 0.650. The lowest BCUT2D eigenvalue weighted by Gasteiger charge is -2.34. The molecule has 2 rings (SSSR count). The topological polar surface area (TPSA) is 78.0 Å². The second-order valence-electron chi connectivity index (χ2n) is 8.88. The minimum atomic E-state index is -0.693. The molecular formula is C21H29ClN2O5. The number of hydrogen-bond acceptors (Lipinski definition) is 6. The number of rotatable bonds is 3. The summed E-state index contributed by atoms with van der Waals surface area (Å²) in [6, 6.07) is 3.41. The third-order valence-corrected chi connectivity index (χ3v) is 4.37. The minimum absolute atomic E-state index is 0.162. The van der Waals surface area contributed by atoms with Crippen LogP contribution >= 0.6 is 11.6 Å². The van der Waals surface area contributed by atoms with Crippen LogP contribution in [0.15, 0.2) is 18.2 Å². The molecule has 1 aromatic rings. The summed E-state index contributed by atoms with van der Waals surface area (Å²) in [4.78, 5) is 31.0. The molecule has 1 aromatic heterocycles. The van der Waals surface area contributed by atoms with Gasteiger partial charge in [-0.15, -0.1) is 0 Å². The highest BCUT2D eigenvalue weighted by atomic mass is 35.5. The van der Waals surface area contributed by atoms with Crippen LogP contribution in [-0.2, 0) is 14.3 Å². The fourth-order valence-electron chi connectivity index (χ4n) is 2.59. The van der Waals surface area contributed by atoms with E-state index in [1.807, 2.05) is 6.08 Å². The molecule has 160 valence electrons. The zero-order valence-electron chi connectivity index (χ0n) is 18.0. The monoisotopic (exact) mass is 424 g/mol. The Morgan fingerprint density at radius 3 is 2.38 bits per heavy atom. The first kappa shape index (κ1) is 23.0. The first-order valence-electron chi connectivity index (χ1n) is 9.42. The van der Waals surface area contributed by atoms with E-state index in [1.54, 1.807) is 53.7 Å². The summed E-state index contributed by atoms with van der Waals surface area (Å²) in [5, 5.41) is 0.381. The van der Waals surface area contributed by atoms with Gasteiger partial charge in [-0.25, -0.2) is 9.78 Å². The number of ether oxygens (including phenoxy) is 3. The normalized spacial score (nSPS) is 17.4. The molecule has 7 nitrogen and oxygen atoms in total. The molecule has 2 heterocycles. The molecule has 0 bridgehead atoms. The lowest BCUT2D eigenvalue weighted by Crippen LogP contribution is -2.46. The fourth-order valence-corrected chi connectivity index (χ4v) is 2.77. The van der Waals surface area contributed by atoms with Gasteiger partial charge in [0.1, 0.15) is 16.7 Å². The number of aromatic nitrogens is 1. The van der Waals surface area contributed by atoms with Crippen LogP contribution in [0.3, 0.4) is 0 Å². The Morgan fingerprint density at radius 1 is 1.17 bits per heavy atom. The number of nitrogens with zero attached hydrogens (tertiary/aromatic N) is 2. The molecule has 0 unspecified atom stereocenters. The zero-order chi connectivity index (χ0) is 22.0. The molecule has 1 atom stereocenters. The van der Waals surface area contributed by atoms with Crippen molar-refractivity contribution in [2.45, 2.75) is 53.2 Å². The highest BCUT2D eigenvalue weighted by molar-refractivity contribution is 6.31. The Bertz CT molecular complexity index is 808. The lowest BCUT2D eigenvalue weighted by molar-refractivity contribution is -0.156. The second kappa shape index (κ2) is 8.61. The number of hydrogen-bond donors (Lipinski definition) is 0. The van der Waals surface area contributed by atoms with E-state index in [2.05, 4.69) is 4.98 Å². The van der Waals surface area contributed by atoms with Crippen LogP contribution in [0.2, 0.25) is 5.02 Å². The van der Waals surface area contributed by atoms with E-state index in [4.69, 9.17) is 25.8 Å². The molecule has 1 aliphatic heterocycles. The molecule has 8 heteroatoms. The molecule has 1 amide bonds. The maximum Gasteiger partial charge on any atom is 0.410 e. The third-order valence-electron chi connectivity index (χ3n) is 4.08. The quantitative estimate of drug-likeness (QED) is 0.672. The summed E-state index contributed by atoms with van der Waals surface area (Å²) >= 11 is 6.08. The van der Waals surface area contributed by atoms with Gasteiger partial charge in [0.05, 0.1) is 24.8 Å². The number of halogens is 1. The lowest BCUT2D eigenvalue weighted by atomic mass is 9.96. The Kier molecular flexibility index (Phi) is 6.83. The van der Waals surface area contributed by atoms with Crippen LogP contribution < -0.4 is 4.74 Å². The van der Waals surface area contributed by atoms with E-state index in [1.165, 1.54) is 12.0 Å². The number of methoxy groups -OCH3 is 1. The van der Waals surface area contributed by atoms with Crippen molar-refractivity contribution in [2.24, 2.45) is 5.41 Å². The summed E-state index contributed by atoms with van der Waals surface area (Å²) in [7, 11) is 1.48. The molecule has 0 saturated heterocycles. The van der Waals surface area contributed by atoms with Crippen LogP contribution in [0.25, 0.3) is 5.57 Å². The minimum Gasteiger partial charge on any atom is -0.480 e. The first-order chi connectivity index (χ1) is 13.3. The summed E-state index contributed by atoms with van der Waals surface area (Å²) in [5.41, 5.74) is -0.0482. The van der Waals surface area contributed by atoms with Crippen LogP contribution in [0.5, 0.6) is 5.88 Å². The van der Waals surface area contributed by atoms with Crippen molar-refractivity contribution in [3.05, 3.63) is 28.9 Å². The summed E-state index contributed by atoms with van der Waals surface area (Å²) in [6.45, 7) is 11.2. The van der Waals surface area contributed by atoms with Gasteiger partial charge < -0.3 is 19.1 Å². The van der Waals surface area contributed by atoms with Gasteiger partial charge in [0.25, 0.3) is 0 Å². The predicted molar refractivity (Wildman–Crippen MR) is 111 cm³/mol. The number of esters is 1. The van der Waals surface area contributed by atoms with Crippen molar-refractivity contribution in [3.63, 3.8) is 0 Å². The van der Waals surface area contributed by atoms with E-state index in [0.717, 1.165) is 0 Å². The van der Waals surface area contributed by atoms with Gasteiger partial charge in [-0.05, 0) is 53.7 Å². The molecular weight excluding hydrogens is 396 g/mol. The summed E-state index contributed by atoms with van der Waals surface area (Å²) < 4.78 is 16.4. The van der Waals surface area contributed by atoms with Gasteiger partial charge in [0.2, 0.25) is 5.88 Å². The van der Waals surface area contributed by atoms with Crippen molar-refractivity contribution in [3.8, 4) is 5.88 Å². The molecule has 0 aromatic carbocycles. The largest absolute Gasteiger partial charge is 0.480 e. The van der Waals surface area contributed by atoms with E-state index in [9.17, 15) is 9.59 Å². The number of pyridine rings is 1. The van der Waals surface area contributed by atoms with Crippen LogP contribution in [0.4, 0.5) is 4.79 Å². The second-order valence-corrected chi connectivity index (χ2v) is 9.28. The van der Waals surface area contributed by atoms with Gasteiger partial charge in [-0.2, -0.15) is 0 Å². The van der Waals surface area contributed by atoms with Crippen LogP contribution in [0, 0.1) is 5.41 Å². The van der Waals surface area contributed by atoms with Gasteiger partial charge >= 0.3 is 12.1 Å². The van der Waals surface area contributed by atoms with Crippen LogP contribution in [0.1, 0.15) is 47.2 Å². The Morgan fingerprint density at radius 2 is 1.83 bits per heavy atom. The Hall–Kier alpha value is -2.28. The SMILES string of the molecule is COc1nc(C2=CCN(C(=O)OC(C)(C)C)C[C@@H]2OC(=O)C(C)(C)C)ccc1Cl. The molecule has 0 fully saturated rings. The first-order valence-corrected chi connectivity index (χ1v) is 9.79. The zero-order valence-corrected chi connectivity index (χ0v) is 18.8. The van der Waals surface area contributed by atoms with Gasteiger partial charge in [-0.1, -0.05) is 17.7 Å². The van der Waals surface area contributed by atoms with Crippen molar-refractivity contribution in [2.75, 3.05) is 20.2 Å². The molecule has 1 aliphatic rings. The van der Waals surface area contributed by atoms with Crippen molar-refractivity contribution >= 4 is 29.2 Å². The maximum absolute atomic E-state index is 12.5. The molecule has 29 heavy (non-hydrogen) atoms. The third kappa shape index (κ3) is 6.10. The Labute approximate surface area is 177 Å². The Balaban J connectivity index is 2.36. The molecule has 0 saturated carbocycles. The number of amides is 1. The maximum atomic E-state index is 12.5. The highest BCUT2D eigenvalue weighted by Crippen LogP contribution is 2.31. The van der Waals surface area contributed by atoms with Crippen molar-refractivity contribution in [1.82, 2.24) is 9.88 Å². The standard InChI is InChI=1S/C21H29ClN2O5/c1-20(2,3)18(25)28-16-12-24(19(26)29-21(4,5)6)11-10-13(16)15-9-8-14(22)17(23-15)27-7/h8-10,16H,11-12H2,1-7H3/t16-/m0/s1. The number of carbonyl (C=O) groups excluding carboxylic acids is 2. The highest BCUT2D eigenvalue weighted by Gasteiger charge is 2.35. The van der Waals surface area contributed by atoms with Gasteiger partial charge in [-0.3, -0.25) is 4.79 Å². The average Bonchev–Trinajstić information content (AvgIpc) is 2.60. The van der Waals surface area contributed by atoms with Crippen molar-refractivity contribution < 1.29 is 23.8 Å². The fraction of sp³-hybridized carbons (Fsp3) is 0.571. The van der Waals surface area contributed by atoms with E-state index in [0.29, 0.717) is 22.8 Å². The van der Waals surface area contributed by atoms with Crippen LogP contribution in [-0.4, -0.2) is 53.9 Å². The molecule has 0 spiro atoms. The average molecular weight is 425 g/mol. The molecule has 0 N–H and O–H groups in total. The predicted octanol–water partition coefficient (Wildman–Crippen LogP) is 4.34. The van der Waals surface area contributed by atoms with E-state index < -0.39 is 23.2 Å². The molecule has 0 aliphatic carbocycles. The smallest absolute Gasteiger partial charge is 0.410 e. The number of carbonyl (C=O) groups is 2. The van der Waals surface area contributed by atoms with Crippen molar-refractivity contribution in [1.29, 1.82) is 0 Å². The molecule has 0 radical (unpaired) electrons. The van der Waals surface area contributed by atoms with E-state index in [-0.39, 0.29) is 18.4 Å². The van der Waals surface area contributed by atoms with Gasteiger partial charge in [0.15, 0.2) is 0 Å².